The zero-order valence-electron chi connectivity index (χ0n) is 21.0. The fourth-order valence-electron chi connectivity index (χ4n) is 3.69. The van der Waals surface area contributed by atoms with Crippen LogP contribution in [0.25, 0.3) is 10.8 Å². The summed E-state index contributed by atoms with van der Waals surface area (Å²) >= 11 is 12.4. The van der Waals surface area contributed by atoms with Crippen LogP contribution in [0.2, 0.25) is 10.0 Å². The number of nitrogens with one attached hydrogen (secondary N) is 1. The monoisotopic (exact) mass is 595 g/mol. The number of rotatable bonds is 7. The third-order valence-electron chi connectivity index (χ3n) is 5.54. The fraction of sp³-hybridized carbons (Fsp3) is 0.115. The van der Waals surface area contributed by atoms with Crippen molar-refractivity contribution in [1.29, 1.82) is 0 Å². The van der Waals surface area contributed by atoms with Crippen molar-refractivity contribution in [3.05, 3.63) is 81.8 Å². The maximum atomic E-state index is 13.4. The second-order valence-electron chi connectivity index (χ2n) is 8.08. The van der Waals surface area contributed by atoms with Gasteiger partial charge in [-0.25, -0.2) is 0 Å². The fourth-order valence-corrected chi connectivity index (χ4v) is 4.95. The van der Waals surface area contributed by atoms with Crippen LogP contribution in [0.5, 0.6) is 11.5 Å². The topological polar surface area (TPSA) is 140 Å². The first kappa shape index (κ1) is 30.8. The number of hydrogen-bond donors (Lipinski definition) is 2. The van der Waals surface area contributed by atoms with Crippen LogP contribution in [0.3, 0.4) is 0 Å². The number of amides is 1. The van der Waals surface area contributed by atoms with Crippen molar-refractivity contribution in [2.45, 2.75) is 18.7 Å². The molecular weight excluding hydrogens is 576 g/mol. The number of fused-ring (bicyclic) bond motifs is 1. The molecule has 4 rings (SSSR count). The predicted molar refractivity (Wildman–Crippen MR) is 144 cm³/mol. The molecule has 39 heavy (non-hydrogen) atoms. The van der Waals surface area contributed by atoms with Crippen molar-refractivity contribution in [2.24, 2.45) is 10.2 Å². The third kappa shape index (κ3) is 6.90. The summed E-state index contributed by atoms with van der Waals surface area (Å²) in [6, 6.07) is 15.4. The Kier molecular flexibility index (Phi) is 10.0. The van der Waals surface area contributed by atoms with Crippen molar-refractivity contribution >= 4 is 67.1 Å². The molecule has 0 bridgehead atoms. The van der Waals surface area contributed by atoms with Crippen molar-refractivity contribution in [3.63, 3.8) is 0 Å². The van der Waals surface area contributed by atoms with E-state index in [9.17, 15) is 22.9 Å². The molecule has 4 aromatic rings. The number of halogens is 2. The van der Waals surface area contributed by atoms with Gasteiger partial charge in [-0.1, -0.05) is 53.2 Å². The molecule has 0 atom stereocenters. The molecule has 4 aromatic carbocycles. The van der Waals surface area contributed by atoms with E-state index in [0.29, 0.717) is 23.1 Å². The molecule has 0 heterocycles. The molecule has 2 N–H and O–H groups in total. The van der Waals surface area contributed by atoms with Gasteiger partial charge in [0.2, 0.25) is 0 Å². The maximum Gasteiger partial charge on any atom is 1.00 e. The second kappa shape index (κ2) is 12.6. The first-order chi connectivity index (χ1) is 18.0. The standard InChI is InChI=1S/C26H21Cl2N3O6S.Na/c1-3-37-17-8-9-22(21(28)13-17)29-26(33)19-10-15-6-4-5-7-18(15)24(25(19)32)31-30-16-11-20(27)14(2)23(12-16)38(34,35)36;/h4-13,32H,3H2,1-2H3,(H,29,33)(H,34,35,36);/q;+1/p-1. The van der Waals surface area contributed by atoms with Gasteiger partial charge in [-0.2, -0.15) is 18.6 Å². The minimum Gasteiger partial charge on any atom is -0.870 e. The molecule has 13 heteroatoms. The van der Waals surface area contributed by atoms with Gasteiger partial charge < -0.3 is 15.2 Å². The van der Waals surface area contributed by atoms with Gasteiger partial charge in [0.25, 0.3) is 16.0 Å². The number of carbonyl (C=O) groups is 1. The van der Waals surface area contributed by atoms with Gasteiger partial charge in [0.1, 0.15) is 10.6 Å². The van der Waals surface area contributed by atoms with Gasteiger partial charge in [-0.15, -0.1) is 0 Å². The van der Waals surface area contributed by atoms with Gasteiger partial charge in [0.05, 0.1) is 28.7 Å². The number of carbonyl (C=O) groups excluding carboxylic acids is 1. The summed E-state index contributed by atoms with van der Waals surface area (Å²) in [4.78, 5) is 12.7. The van der Waals surface area contributed by atoms with Gasteiger partial charge in [-0.3, -0.25) is 9.35 Å². The molecule has 0 unspecified atom stereocenters. The van der Waals surface area contributed by atoms with E-state index in [2.05, 4.69) is 15.5 Å². The second-order valence-corrected chi connectivity index (χ2v) is 10.3. The van der Waals surface area contributed by atoms with Crippen molar-refractivity contribution < 1.29 is 57.2 Å². The predicted octanol–water partition coefficient (Wildman–Crippen LogP) is 3.85. The van der Waals surface area contributed by atoms with E-state index in [-0.39, 0.29) is 67.8 Å². The van der Waals surface area contributed by atoms with Gasteiger partial charge >= 0.3 is 29.6 Å². The van der Waals surface area contributed by atoms with E-state index in [1.54, 1.807) is 42.5 Å². The summed E-state index contributed by atoms with van der Waals surface area (Å²) in [6.45, 7) is 3.70. The summed E-state index contributed by atoms with van der Waals surface area (Å²) in [5.41, 5.74) is 0.0460. The van der Waals surface area contributed by atoms with E-state index in [1.165, 1.54) is 19.1 Å². The van der Waals surface area contributed by atoms with Crippen LogP contribution < -0.4 is 44.7 Å². The summed E-state index contributed by atoms with van der Waals surface area (Å²) in [5, 5.41) is 25.3. The van der Waals surface area contributed by atoms with Gasteiger partial charge in [0.15, 0.2) is 0 Å². The van der Waals surface area contributed by atoms with Gasteiger partial charge in [0, 0.05) is 22.0 Å². The van der Waals surface area contributed by atoms with Crippen molar-refractivity contribution in [1.82, 2.24) is 0 Å². The molecule has 0 saturated carbocycles. The Hall–Kier alpha value is -2.70. The number of benzene rings is 4. The Balaban J connectivity index is 0.00000420. The molecule has 0 radical (unpaired) electrons. The van der Waals surface area contributed by atoms with E-state index in [1.807, 2.05) is 6.92 Å². The number of anilines is 1. The molecule has 1 amide bonds. The van der Waals surface area contributed by atoms with Gasteiger partial charge in [-0.05, 0) is 55.1 Å². The first-order valence-corrected chi connectivity index (χ1v) is 13.3. The third-order valence-corrected chi connectivity index (χ3v) is 7.23. The Bertz CT molecular complexity index is 1710. The molecular formula is C26H20Cl2N3NaO6S. The Morgan fingerprint density at radius 3 is 2.44 bits per heavy atom. The zero-order valence-corrected chi connectivity index (χ0v) is 25.4. The molecule has 9 nitrogen and oxygen atoms in total. The molecule has 0 aromatic heterocycles. The first-order valence-electron chi connectivity index (χ1n) is 11.2. The molecule has 0 aliphatic carbocycles. The summed E-state index contributed by atoms with van der Waals surface area (Å²) in [5.74, 6) is -0.891. The van der Waals surface area contributed by atoms with Crippen LogP contribution in [-0.2, 0) is 10.1 Å². The number of ether oxygens (including phenoxy) is 1. The maximum absolute atomic E-state index is 13.4. The van der Waals surface area contributed by atoms with Crippen LogP contribution in [-0.4, -0.2) is 25.5 Å². The normalized spacial score (nSPS) is 11.4. The van der Waals surface area contributed by atoms with Crippen molar-refractivity contribution in [3.8, 4) is 11.5 Å². The average Bonchev–Trinajstić information content (AvgIpc) is 2.86. The molecule has 0 aliphatic rings. The van der Waals surface area contributed by atoms with Crippen LogP contribution in [0.1, 0.15) is 22.8 Å². The van der Waals surface area contributed by atoms with E-state index in [0.717, 1.165) is 6.07 Å². The van der Waals surface area contributed by atoms with E-state index in [4.69, 9.17) is 27.9 Å². The Labute approximate surface area is 256 Å². The molecule has 0 saturated heterocycles. The summed E-state index contributed by atoms with van der Waals surface area (Å²) < 4.78 is 38.3. The molecule has 0 spiro atoms. The summed E-state index contributed by atoms with van der Waals surface area (Å²) in [7, 11) is -4.58. The number of hydrogen-bond acceptors (Lipinski definition) is 7. The largest absolute Gasteiger partial charge is 1.00 e. The SMILES string of the molecule is CCOc1ccc(NC(=O)c2cc3ccccc3c(N=Nc3cc(Cl)c(C)c(S(=O)(=O)O)c3)c2[O-])c(Cl)c1.[Na+]. The van der Waals surface area contributed by atoms with E-state index >= 15 is 0 Å². The van der Waals surface area contributed by atoms with E-state index < -0.39 is 26.7 Å². The van der Waals surface area contributed by atoms with Crippen LogP contribution in [0, 0.1) is 6.92 Å². The minimum atomic E-state index is -4.58. The van der Waals surface area contributed by atoms with Crippen LogP contribution >= 0.6 is 23.2 Å². The van der Waals surface area contributed by atoms with Crippen LogP contribution in [0.4, 0.5) is 17.1 Å². The summed E-state index contributed by atoms with van der Waals surface area (Å²) in [6.07, 6.45) is 0. The smallest absolute Gasteiger partial charge is 0.870 e. The van der Waals surface area contributed by atoms with Crippen LogP contribution in [0.15, 0.2) is 75.8 Å². The Morgan fingerprint density at radius 1 is 1.05 bits per heavy atom. The minimum absolute atomic E-state index is 0. The van der Waals surface area contributed by atoms with Crippen molar-refractivity contribution in [2.75, 3.05) is 11.9 Å². The Morgan fingerprint density at radius 2 is 1.77 bits per heavy atom. The average molecular weight is 596 g/mol. The number of azo groups is 1. The molecule has 0 fully saturated rings. The molecule has 196 valence electrons. The number of nitrogens with zero attached hydrogens (tertiary/aromatic N) is 2. The molecule has 0 aliphatic heterocycles. The zero-order chi connectivity index (χ0) is 27.6. The quantitative estimate of drug-likeness (QED) is 0.189.